The van der Waals surface area contributed by atoms with Gasteiger partial charge in [0.1, 0.15) is 0 Å². The third kappa shape index (κ3) is 3.72. The van der Waals surface area contributed by atoms with Gasteiger partial charge in [-0.2, -0.15) is 0 Å². The standard InChI is InChI=1S/C24H20As.2FH/c1-5-13-21(14-6-1)25(22-15-7-2-8-16-22,23-17-9-3-10-18-23)24-19-11-4-12-20-24;;/h1-20H;2*1H/q+1;;/p-1. The van der Waals surface area contributed by atoms with Crippen LogP contribution in [0.2, 0.25) is 0 Å². The predicted molar refractivity (Wildman–Crippen MR) is 111 cm³/mol. The Hall–Kier alpha value is -2.70. The zero-order chi connectivity index (χ0) is 17.0. The van der Waals surface area contributed by atoms with E-state index in [1.807, 2.05) is 0 Å². The van der Waals surface area contributed by atoms with Crippen molar-refractivity contribution in [3.8, 4) is 0 Å². The van der Waals surface area contributed by atoms with Crippen molar-refractivity contribution in [1.82, 2.24) is 0 Å². The summed E-state index contributed by atoms with van der Waals surface area (Å²) >= 11 is -2.77. The van der Waals surface area contributed by atoms with Crippen LogP contribution in [0.3, 0.4) is 0 Å². The first-order valence-electron chi connectivity index (χ1n) is 8.54. The predicted octanol–water partition coefficient (Wildman–Crippen LogP) is -2.82. The molecule has 0 aliphatic heterocycles. The Labute approximate surface area is 163 Å². The Morgan fingerprint density at radius 2 is 0.519 bits per heavy atom. The average molecular weight is 422 g/mol. The van der Waals surface area contributed by atoms with Crippen LogP contribution < -0.4 is 26.8 Å². The molecule has 0 radical (unpaired) electrons. The van der Waals surface area contributed by atoms with Gasteiger partial charge in [-0.25, -0.2) is 0 Å². The first-order valence-corrected chi connectivity index (χ1v) is 12.3. The first-order chi connectivity index (χ1) is 12.4. The van der Waals surface area contributed by atoms with Gasteiger partial charge in [-0.3, -0.25) is 0 Å². The third-order valence-electron chi connectivity index (χ3n) is 4.57. The van der Waals surface area contributed by atoms with E-state index in [-0.39, 0.29) is 10.8 Å². The number of rotatable bonds is 4. The van der Waals surface area contributed by atoms with Gasteiger partial charge in [0.25, 0.3) is 0 Å². The van der Waals surface area contributed by atoms with Crippen molar-refractivity contribution in [3.05, 3.63) is 121 Å². The van der Waals surface area contributed by atoms with Crippen LogP contribution in [-0.4, -0.2) is 13.6 Å². The average Bonchev–Trinajstić information content (AvgIpc) is 2.72. The minimum absolute atomic E-state index is 0. The molecule has 0 heterocycles. The van der Waals surface area contributed by atoms with E-state index in [9.17, 15) is 0 Å². The van der Waals surface area contributed by atoms with Gasteiger partial charge >= 0.3 is 154 Å². The van der Waals surface area contributed by atoms with Crippen LogP contribution in [0.15, 0.2) is 121 Å². The molecular weight excluding hydrogens is 401 g/mol. The molecule has 4 aromatic carbocycles. The van der Waals surface area contributed by atoms with Crippen molar-refractivity contribution in [2.24, 2.45) is 0 Å². The molecule has 4 rings (SSSR count). The van der Waals surface area contributed by atoms with Crippen LogP contribution in [0.1, 0.15) is 1.43 Å². The van der Waals surface area contributed by atoms with Crippen LogP contribution in [0, 0.1) is 0 Å². The molecule has 0 aliphatic rings. The SMILES string of the molecule is [F-].[F-].[H+].c1ccc([As+](c2ccccc2)(c2ccccc2)c2ccccc2)cc1. The topological polar surface area (TPSA) is 0 Å². The zero-order valence-electron chi connectivity index (χ0n) is 15.8. The summed E-state index contributed by atoms with van der Waals surface area (Å²) in [6, 6.07) is 44.2. The third-order valence-corrected chi connectivity index (χ3v) is 13.6. The molecular formula is C24H21AsF2. The number of halogens is 2. The molecule has 0 spiro atoms. The summed E-state index contributed by atoms with van der Waals surface area (Å²) in [4.78, 5) is 0. The second kappa shape index (κ2) is 9.30. The molecule has 0 saturated heterocycles. The van der Waals surface area contributed by atoms with Gasteiger partial charge in [-0.1, -0.05) is 0 Å². The summed E-state index contributed by atoms with van der Waals surface area (Å²) in [6.07, 6.45) is 0. The number of benzene rings is 4. The molecule has 3 heteroatoms. The van der Waals surface area contributed by atoms with E-state index in [1.54, 1.807) is 0 Å². The molecule has 136 valence electrons. The van der Waals surface area contributed by atoms with Gasteiger partial charge in [0.15, 0.2) is 0 Å². The van der Waals surface area contributed by atoms with E-state index in [2.05, 4.69) is 121 Å². The quantitative estimate of drug-likeness (QED) is 0.312. The van der Waals surface area contributed by atoms with Crippen molar-refractivity contribution < 1.29 is 10.8 Å². The van der Waals surface area contributed by atoms with Crippen LogP contribution >= 0.6 is 0 Å². The summed E-state index contributed by atoms with van der Waals surface area (Å²) < 4.78 is 5.79. The van der Waals surface area contributed by atoms with Gasteiger partial charge in [-0.15, -0.1) is 0 Å². The second-order valence-corrected chi connectivity index (χ2v) is 13.2. The number of hydrogen-bond donors (Lipinski definition) is 0. The summed E-state index contributed by atoms with van der Waals surface area (Å²) in [7, 11) is 0. The van der Waals surface area contributed by atoms with Gasteiger partial charge in [0.05, 0.1) is 0 Å². The van der Waals surface area contributed by atoms with Crippen molar-refractivity contribution in [2.75, 3.05) is 0 Å². The molecule has 0 aromatic heterocycles. The molecule has 0 N–H and O–H groups in total. The van der Waals surface area contributed by atoms with E-state index in [0.717, 1.165) is 0 Å². The monoisotopic (exact) mass is 422 g/mol. The van der Waals surface area contributed by atoms with E-state index < -0.39 is 13.6 Å². The maximum absolute atomic E-state index is 2.77. The Morgan fingerprint density at radius 1 is 0.333 bits per heavy atom. The van der Waals surface area contributed by atoms with E-state index in [1.165, 1.54) is 17.4 Å². The van der Waals surface area contributed by atoms with Gasteiger partial charge in [-0.05, 0) is 0 Å². The van der Waals surface area contributed by atoms with Crippen molar-refractivity contribution in [3.63, 3.8) is 0 Å². The van der Waals surface area contributed by atoms with Gasteiger partial charge in [0.2, 0.25) is 0 Å². The minimum atomic E-state index is -2.77. The van der Waals surface area contributed by atoms with Crippen molar-refractivity contribution in [2.45, 2.75) is 0 Å². The normalized spacial score (nSPS) is 10.4. The van der Waals surface area contributed by atoms with Gasteiger partial charge < -0.3 is 9.41 Å². The van der Waals surface area contributed by atoms with Gasteiger partial charge in [0, 0.05) is 0 Å². The molecule has 0 fully saturated rings. The molecule has 0 nitrogen and oxygen atoms in total. The Morgan fingerprint density at radius 3 is 0.704 bits per heavy atom. The fraction of sp³-hybridized carbons (Fsp3) is 0. The fourth-order valence-electron chi connectivity index (χ4n) is 3.50. The zero-order valence-corrected chi connectivity index (χ0v) is 16.6. The van der Waals surface area contributed by atoms with E-state index in [4.69, 9.17) is 0 Å². The molecule has 0 aliphatic carbocycles. The van der Waals surface area contributed by atoms with Crippen LogP contribution in [0.25, 0.3) is 0 Å². The summed E-state index contributed by atoms with van der Waals surface area (Å²) in [5.41, 5.74) is 0. The van der Waals surface area contributed by atoms with E-state index >= 15 is 0 Å². The molecule has 0 unspecified atom stereocenters. The molecule has 27 heavy (non-hydrogen) atoms. The molecule has 0 amide bonds. The Bertz CT molecular complexity index is 770. The van der Waals surface area contributed by atoms with E-state index in [0.29, 0.717) is 0 Å². The van der Waals surface area contributed by atoms with Crippen LogP contribution in [-0.2, 0) is 0 Å². The summed E-state index contributed by atoms with van der Waals surface area (Å²) in [5, 5.41) is 0. The summed E-state index contributed by atoms with van der Waals surface area (Å²) in [6.45, 7) is 0. The van der Waals surface area contributed by atoms with Crippen LogP contribution in [0.4, 0.5) is 0 Å². The molecule has 0 atom stereocenters. The first kappa shape index (κ1) is 20.6. The Kier molecular flexibility index (Phi) is 7.10. The second-order valence-electron chi connectivity index (χ2n) is 6.01. The maximum atomic E-state index is 2.31. The molecule has 0 saturated carbocycles. The summed E-state index contributed by atoms with van der Waals surface area (Å²) in [5.74, 6) is 0. The van der Waals surface area contributed by atoms with Crippen molar-refractivity contribution in [1.29, 1.82) is 0 Å². The Balaban J connectivity index is 0.00000131. The van der Waals surface area contributed by atoms with Crippen molar-refractivity contribution >= 4 is 31.0 Å². The fourth-order valence-corrected chi connectivity index (χ4v) is 12.5. The van der Waals surface area contributed by atoms with Crippen LogP contribution in [0.5, 0.6) is 0 Å². The number of hydrogen-bond acceptors (Lipinski definition) is 0. The molecule has 0 bridgehead atoms. The molecule has 4 aromatic rings.